The van der Waals surface area contributed by atoms with Gasteiger partial charge in [-0.3, -0.25) is 9.80 Å². The van der Waals surface area contributed by atoms with Crippen LogP contribution in [0.2, 0.25) is 0 Å². The summed E-state index contributed by atoms with van der Waals surface area (Å²) in [5.74, 6) is 1.87. The lowest BCUT2D eigenvalue weighted by Crippen LogP contribution is -2.68. The molecule has 9 heteroatoms. The Balaban J connectivity index is 1.61. The average Bonchev–Trinajstić information content (AvgIpc) is 3.37. The second-order valence-electron chi connectivity index (χ2n) is 10.4. The molecule has 0 saturated carbocycles. The lowest BCUT2D eigenvalue weighted by atomic mass is 9.71. The summed E-state index contributed by atoms with van der Waals surface area (Å²) in [5, 5.41) is 32.3. The molecule has 2 bridgehead atoms. The molecule has 4 aliphatic heterocycles. The number of ether oxygens (including phenoxy) is 3. The first-order chi connectivity index (χ1) is 17.8. The van der Waals surface area contributed by atoms with Crippen molar-refractivity contribution in [3.63, 3.8) is 0 Å². The SMILES string of the molecule is C=CCOc1c(C)c2c(c3c1CC1[C@@H]4c5c(cc(C)c(O)c5O)C[C@H]([C@H](C#N)N1[C@H]3CN)N4C)OCO2. The number of fused-ring (bicyclic) bond motifs is 9. The minimum Gasteiger partial charge on any atom is -0.504 e. The van der Waals surface area contributed by atoms with Gasteiger partial charge in [0, 0.05) is 40.9 Å². The third-order valence-electron chi connectivity index (χ3n) is 8.65. The van der Waals surface area contributed by atoms with E-state index in [1.807, 2.05) is 20.0 Å². The minimum absolute atomic E-state index is 0.0826. The molecule has 37 heavy (non-hydrogen) atoms. The van der Waals surface area contributed by atoms with Gasteiger partial charge >= 0.3 is 0 Å². The Bertz CT molecular complexity index is 1350. The number of piperazine rings is 1. The molecule has 0 aromatic heterocycles. The van der Waals surface area contributed by atoms with Crippen LogP contribution in [0.25, 0.3) is 0 Å². The molecule has 194 valence electrons. The van der Waals surface area contributed by atoms with Gasteiger partial charge in [0.1, 0.15) is 18.4 Å². The van der Waals surface area contributed by atoms with Gasteiger partial charge in [-0.25, -0.2) is 0 Å². The lowest BCUT2D eigenvalue weighted by molar-refractivity contribution is -0.0710. The largest absolute Gasteiger partial charge is 0.504 e. The number of hydrogen-bond acceptors (Lipinski definition) is 9. The predicted molar refractivity (Wildman–Crippen MR) is 136 cm³/mol. The standard InChI is InChI=1S/C28H32N4O5/c1-5-6-35-26-14(3)27-28(37-12-36-27)22-16(26)9-18-23-21-15(7-13(2)24(33)25(21)34)8-17(31(23)4)19(10-29)32(18)20(22)11-30/h5,7,17-20,23,33-34H,1,6,8-9,11-12,30H2,2-4H3/t17-,18?,19+,20+,23-/m1/s1. The molecule has 1 fully saturated rings. The van der Waals surface area contributed by atoms with Crippen molar-refractivity contribution in [2.24, 2.45) is 5.73 Å². The van der Waals surface area contributed by atoms with Crippen molar-refractivity contribution in [2.75, 3.05) is 27.0 Å². The molecule has 5 atom stereocenters. The van der Waals surface area contributed by atoms with E-state index in [1.54, 1.807) is 13.0 Å². The van der Waals surface area contributed by atoms with Crippen LogP contribution in [0, 0.1) is 25.2 Å². The van der Waals surface area contributed by atoms with E-state index in [-0.39, 0.29) is 49.0 Å². The summed E-state index contributed by atoms with van der Waals surface area (Å²) in [6, 6.07) is 3.20. The van der Waals surface area contributed by atoms with Crippen molar-refractivity contribution in [2.45, 2.75) is 56.9 Å². The summed E-state index contributed by atoms with van der Waals surface area (Å²) >= 11 is 0. The number of aromatic hydroxyl groups is 2. The Kier molecular flexibility index (Phi) is 5.53. The van der Waals surface area contributed by atoms with E-state index < -0.39 is 6.04 Å². The lowest BCUT2D eigenvalue weighted by Gasteiger charge is -2.59. The fraction of sp³-hybridized carbons (Fsp3) is 0.464. The maximum atomic E-state index is 11.2. The van der Waals surface area contributed by atoms with Gasteiger partial charge in [0.05, 0.1) is 18.2 Å². The van der Waals surface area contributed by atoms with Crippen LogP contribution >= 0.6 is 0 Å². The monoisotopic (exact) mass is 504 g/mol. The van der Waals surface area contributed by atoms with Gasteiger partial charge in [-0.1, -0.05) is 18.7 Å². The first kappa shape index (κ1) is 23.9. The van der Waals surface area contributed by atoms with E-state index in [1.165, 1.54) is 0 Å². The Labute approximate surface area is 216 Å². The molecule has 2 aromatic rings. The second kappa shape index (κ2) is 8.55. The third-order valence-corrected chi connectivity index (χ3v) is 8.65. The Hall–Kier alpha value is -3.45. The fourth-order valence-electron chi connectivity index (χ4n) is 7.15. The maximum absolute atomic E-state index is 11.2. The summed E-state index contributed by atoms with van der Waals surface area (Å²) in [6.07, 6.45) is 2.84. The number of likely N-dealkylation sites (N-methyl/N-ethyl adjacent to an activating group) is 1. The van der Waals surface area contributed by atoms with Crippen LogP contribution in [-0.4, -0.2) is 65.1 Å². The quantitative estimate of drug-likeness (QED) is 0.426. The van der Waals surface area contributed by atoms with E-state index in [0.717, 1.165) is 33.6 Å². The van der Waals surface area contributed by atoms with Crippen molar-refractivity contribution >= 4 is 0 Å². The molecule has 1 saturated heterocycles. The second-order valence-corrected chi connectivity index (χ2v) is 10.4. The first-order valence-electron chi connectivity index (χ1n) is 12.7. The molecule has 4 heterocycles. The van der Waals surface area contributed by atoms with Crippen LogP contribution < -0.4 is 19.9 Å². The van der Waals surface area contributed by atoms with E-state index in [0.29, 0.717) is 36.5 Å². The number of aryl methyl sites for hydroxylation is 1. The smallest absolute Gasteiger partial charge is 0.231 e. The zero-order valence-corrected chi connectivity index (χ0v) is 21.3. The molecule has 6 rings (SSSR count). The average molecular weight is 505 g/mol. The molecule has 0 aliphatic carbocycles. The number of rotatable bonds is 4. The van der Waals surface area contributed by atoms with Crippen molar-refractivity contribution in [3.05, 3.63) is 52.1 Å². The van der Waals surface area contributed by atoms with Crippen LogP contribution in [0.5, 0.6) is 28.7 Å². The van der Waals surface area contributed by atoms with E-state index >= 15 is 0 Å². The number of nitrogens with two attached hydrogens (primary N) is 1. The van der Waals surface area contributed by atoms with Gasteiger partial charge in [-0.05, 0) is 44.9 Å². The minimum atomic E-state index is -0.436. The highest BCUT2D eigenvalue weighted by molar-refractivity contribution is 5.66. The zero-order chi connectivity index (χ0) is 26.2. The zero-order valence-electron chi connectivity index (χ0n) is 21.3. The summed E-state index contributed by atoms with van der Waals surface area (Å²) in [4.78, 5) is 4.40. The summed E-state index contributed by atoms with van der Waals surface area (Å²) in [5.41, 5.74) is 11.5. The molecule has 2 aromatic carbocycles. The van der Waals surface area contributed by atoms with Crippen LogP contribution in [0.3, 0.4) is 0 Å². The van der Waals surface area contributed by atoms with Gasteiger partial charge in [-0.15, -0.1) is 0 Å². The van der Waals surface area contributed by atoms with Crippen molar-refractivity contribution in [1.82, 2.24) is 9.80 Å². The van der Waals surface area contributed by atoms with E-state index in [9.17, 15) is 15.5 Å². The van der Waals surface area contributed by atoms with Gasteiger partial charge in [0.15, 0.2) is 23.0 Å². The van der Waals surface area contributed by atoms with Crippen molar-refractivity contribution in [1.29, 1.82) is 5.26 Å². The maximum Gasteiger partial charge on any atom is 0.231 e. The van der Waals surface area contributed by atoms with Crippen LogP contribution in [0.4, 0.5) is 0 Å². The van der Waals surface area contributed by atoms with E-state index in [4.69, 9.17) is 19.9 Å². The van der Waals surface area contributed by atoms with Crippen LogP contribution in [0.15, 0.2) is 18.7 Å². The van der Waals surface area contributed by atoms with E-state index in [2.05, 4.69) is 22.4 Å². The highest BCUT2D eigenvalue weighted by Crippen LogP contribution is 2.58. The molecular weight excluding hydrogens is 472 g/mol. The summed E-state index contributed by atoms with van der Waals surface area (Å²) in [7, 11) is 2.00. The molecular formula is C28H32N4O5. The third kappa shape index (κ3) is 3.13. The fourth-order valence-corrected chi connectivity index (χ4v) is 7.15. The van der Waals surface area contributed by atoms with Gasteiger partial charge in [0.2, 0.25) is 6.79 Å². The predicted octanol–water partition coefficient (Wildman–Crippen LogP) is 2.74. The van der Waals surface area contributed by atoms with Gasteiger partial charge < -0.3 is 30.2 Å². The number of hydrogen-bond donors (Lipinski definition) is 3. The number of nitriles is 1. The Morgan fingerprint density at radius 2 is 1.95 bits per heavy atom. The molecule has 9 nitrogen and oxygen atoms in total. The number of phenolic OH excluding ortho intramolecular Hbond substituents is 2. The molecule has 0 radical (unpaired) electrons. The number of benzene rings is 2. The van der Waals surface area contributed by atoms with Gasteiger partial charge in [0.25, 0.3) is 0 Å². The Morgan fingerprint density at radius 3 is 2.65 bits per heavy atom. The highest BCUT2D eigenvalue weighted by atomic mass is 16.7. The molecule has 0 spiro atoms. The first-order valence-corrected chi connectivity index (χ1v) is 12.7. The van der Waals surface area contributed by atoms with Crippen molar-refractivity contribution in [3.8, 4) is 34.8 Å². The topological polar surface area (TPSA) is 124 Å². The van der Waals surface area contributed by atoms with Crippen LogP contribution in [0.1, 0.15) is 45.5 Å². The molecule has 1 unspecified atom stereocenters. The normalized spacial score (nSPS) is 27.6. The molecule has 4 N–H and O–H groups in total. The molecule has 0 amide bonds. The number of phenols is 2. The highest BCUT2D eigenvalue weighted by Gasteiger charge is 2.56. The Morgan fingerprint density at radius 1 is 1.19 bits per heavy atom. The van der Waals surface area contributed by atoms with Crippen molar-refractivity contribution < 1.29 is 24.4 Å². The molecule has 4 aliphatic rings. The van der Waals surface area contributed by atoms with Crippen LogP contribution in [-0.2, 0) is 12.8 Å². The number of nitrogens with zero attached hydrogens (tertiary/aromatic N) is 3. The summed E-state index contributed by atoms with van der Waals surface area (Å²) < 4.78 is 18.1. The summed E-state index contributed by atoms with van der Waals surface area (Å²) in [6.45, 7) is 8.26. The van der Waals surface area contributed by atoms with Gasteiger partial charge in [-0.2, -0.15) is 5.26 Å².